The number of aliphatic hydroxyl groups excluding tert-OH is 1. The van der Waals surface area contributed by atoms with E-state index < -0.39 is 30.1 Å². The van der Waals surface area contributed by atoms with Crippen molar-refractivity contribution in [3.63, 3.8) is 0 Å². The van der Waals surface area contributed by atoms with Gasteiger partial charge in [0.15, 0.2) is 0 Å². The number of carboxylic acids is 1. The van der Waals surface area contributed by atoms with Crippen LogP contribution >= 0.6 is 0 Å². The molecular weight excluding hydrogens is 352 g/mol. The number of hydrogen-bond acceptors (Lipinski definition) is 6. The van der Waals surface area contributed by atoms with Crippen molar-refractivity contribution in [1.82, 2.24) is 0 Å². The number of aliphatic hydroxyl groups is 1. The maximum absolute atomic E-state index is 11.9. The van der Waals surface area contributed by atoms with E-state index in [1.807, 2.05) is 6.92 Å². The first kappa shape index (κ1) is 20.9. The van der Waals surface area contributed by atoms with Gasteiger partial charge in [-0.25, -0.2) is 9.59 Å². The molecule has 4 atom stereocenters. The van der Waals surface area contributed by atoms with Gasteiger partial charge in [-0.15, -0.1) is 0 Å². The van der Waals surface area contributed by atoms with Gasteiger partial charge in [0.1, 0.15) is 12.7 Å². The van der Waals surface area contributed by atoms with Crippen molar-refractivity contribution in [2.45, 2.75) is 51.7 Å². The highest BCUT2D eigenvalue weighted by Gasteiger charge is 2.42. The van der Waals surface area contributed by atoms with E-state index in [1.54, 1.807) is 13.0 Å². The second-order valence-electron chi connectivity index (χ2n) is 7.01. The largest absolute Gasteiger partial charge is 0.478 e. The summed E-state index contributed by atoms with van der Waals surface area (Å²) in [6.07, 6.45) is 2.78. The summed E-state index contributed by atoms with van der Waals surface area (Å²) in [5, 5.41) is 20.0. The first-order valence-electron chi connectivity index (χ1n) is 9.10. The Labute approximate surface area is 158 Å². The number of rotatable bonds is 5. The van der Waals surface area contributed by atoms with E-state index >= 15 is 0 Å². The third-order valence-corrected chi connectivity index (χ3v) is 5.05. The summed E-state index contributed by atoms with van der Waals surface area (Å²) < 4.78 is 10.5. The molecule has 0 amide bonds. The van der Waals surface area contributed by atoms with Crippen LogP contribution in [-0.2, 0) is 23.9 Å². The fraction of sp³-hybridized carbons (Fsp3) is 0.550. The molecule has 0 spiro atoms. The first-order chi connectivity index (χ1) is 12.7. The van der Waals surface area contributed by atoms with Gasteiger partial charge < -0.3 is 19.7 Å². The number of hydrogen-bond donors (Lipinski definition) is 2. The maximum atomic E-state index is 11.9. The van der Waals surface area contributed by atoms with Crippen molar-refractivity contribution in [3.8, 4) is 0 Å². The van der Waals surface area contributed by atoms with E-state index in [2.05, 4.69) is 6.58 Å². The molecule has 0 aromatic heterocycles. The average molecular weight is 378 g/mol. The van der Waals surface area contributed by atoms with Gasteiger partial charge in [-0.1, -0.05) is 26.5 Å². The Kier molecular flexibility index (Phi) is 6.96. The second-order valence-corrected chi connectivity index (χ2v) is 7.01. The highest BCUT2D eigenvalue weighted by Crippen LogP contribution is 2.34. The number of aliphatic carboxylic acids is 1. The third kappa shape index (κ3) is 5.07. The van der Waals surface area contributed by atoms with E-state index in [1.165, 1.54) is 6.08 Å². The summed E-state index contributed by atoms with van der Waals surface area (Å²) in [6.45, 7) is 7.37. The van der Waals surface area contributed by atoms with Gasteiger partial charge in [0.05, 0.1) is 17.9 Å². The van der Waals surface area contributed by atoms with Crippen LogP contribution in [-0.4, -0.2) is 46.9 Å². The Hall–Kier alpha value is -2.41. The molecule has 0 aromatic carbocycles. The summed E-state index contributed by atoms with van der Waals surface area (Å²) in [6, 6.07) is 0. The zero-order valence-electron chi connectivity index (χ0n) is 15.6. The molecule has 7 heteroatoms. The highest BCUT2D eigenvalue weighted by atomic mass is 16.6. The van der Waals surface area contributed by atoms with Gasteiger partial charge in [0, 0.05) is 11.1 Å². The van der Waals surface area contributed by atoms with E-state index in [4.69, 9.17) is 9.47 Å². The van der Waals surface area contributed by atoms with Crippen LogP contribution in [0.5, 0.6) is 0 Å². The fourth-order valence-electron chi connectivity index (χ4n) is 3.16. The average Bonchev–Trinajstić information content (AvgIpc) is 2.90. The topological polar surface area (TPSA) is 110 Å². The number of ether oxygens (including phenoxy) is 2. The summed E-state index contributed by atoms with van der Waals surface area (Å²) in [5.74, 6) is -3.02. The molecular formula is C20H26O7. The zero-order valence-corrected chi connectivity index (χ0v) is 15.6. The molecule has 2 rings (SSSR count). The van der Waals surface area contributed by atoms with Crippen molar-refractivity contribution in [2.75, 3.05) is 6.61 Å². The molecule has 2 N–H and O–H groups in total. The molecule has 2 aliphatic rings. The predicted molar refractivity (Wildman–Crippen MR) is 96.6 cm³/mol. The number of esters is 2. The summed E-state index contributed by atoms with van der Waals surface area (Å²) >= 11 is 0. The smallest absolute Gasteiger partial charge is 0.334 e. The second kappa shape index (κ2) is 8.99. The van der Waals surface area contributed by atoms with Gasteiger partial charge in [-0.3, -0.25) is 4.79 Å². The molecule has 1 aliphatic carbocycles. The first-order valence-corrected chi connectivity index (χ1v) is 9.10. The predicted octanol–water partition coefficient (Wildman–Crippen LogP) is 2.16. The van der Waals surface area contributed by atoms with Crippen LogP contribution in [0.2, 0.25) is 0 Å². The van der Waals surface area contributed by atoms with Gasteiger partial charge in [-0.05, 0) is 37.3 Å². The maximum Gasteiger partial charge on any atom is 0.334 e. The van der Waals surface area contributed by atoms with Gasteiger partial charge in [0.25, 0.3) is 0 Å². The molecule has 1 unspecified atom stereocenters. The van der Waals surface area contributed by atoms with E-state index in [9.17, 15) is 24.6 Å². The Morgan fingerprint density at radius 1 is 1.44 bits per heavy atom. The van der Waals surface area contributed by atoms with Crippen molar-refractivity contribution in [3.05, 3.63) is 35.5 Å². The molecule has 0 bridgehead atoms. The number of carbonyl (C=O) groups is 3. The summed E-state index contributed by atoms with van der Waals surface area (Å²) in [7, 11) is 0. The van der Waals surface area contributed by atoms with Crippen molar-refractivity contribution in [1.29, 1.82) is 0 Å². The molecule has 1 heterocycles. The molecule has 1 aliphatic heterocycles. The molecule has 7 nitrogen and oxygen atoms in total. The number of fused-ring (bicyclic) bond motifs is 1. The highest BCUT2D eigenvalue weighted by molar-refractivity contribution is 5.92. The van der Waals surface area contributed by atoms with Crippen molar-refractivity contribution >= 4 is 17.9 Å². The van der Waals surface area contributed by atoms with E-state index in [-0.39, 0.29) is 42.5 Å². The van der Waals surface area contributed by atoms with Crippen LogP contribution in [0.15, 0.2) is 35.5 Å². The van der Waals surface area contributed by atoms with Crippen LogP contribution in [0.3, 0.4) is 0 Å². The Balaban J connectivity index is 2.23. The normalized spacial score (nSPS) is 30.9. The third-order valence-electron chi connectivity index (χ3n) is 5.05. The zero-order chi connectivity index (χ0) is 20.1. The van der Waals surface area contributed by atoms with Crippen LogP contribution in [0, 0.1) is 11.8 Å². The number of carbonyl (C=O) groups excluding carboxylic acids is 2. The SMILES string of the molecule is C=C1C(=O)O[C@@H]2/C=C(\C(=O)O)CC/C=C(\COC(=O)C(C)CC)C[C@@H](O)[C@@H]12. The fourth-order valence-corrected chi connectivity index (χ4v) is 3.16. The van der Waals surface area contributed by atoms with Crippen LogP contribution in [0.4, 0.5) is 0 Å². The lowest BCUT2D eigenvalue weighted by Gasteiger charge is -2.24. The van der Waals surface area contributed by atoms with Crippen molar-refractivity contribution in [2.24, 2.45) is 11.8 Å². The minimum Gasteiger partial charge on any atom is -0.478 e. The Morgan fingerprint density at radius 2 is 2.15 bits per heavy atom. The molecule has 1 fully saturated rings. The quantitative estimate of drug-likeness (QED) is 0.428. The van der Waals surface area contributed by atoms with Crippen LogP contribution in [0.25, 0.3) is 0 Å². The van der Waals surface area contributed by atoms with Crippen LogP contribution < -0.4 is 0 Å². The number of carboxylic acid groups (broad SMARTS) is 1. The lowest BCUT2D eigenvalue weighted by Crippen LogP contribution is -2.30. The summed E-state index contributed by atoms with van der Waals surface area (Å²) in [5.41, 5.74) is 0.899. The van der Waals surface area contributed by atoms with Gasteiger partial charge in [-0.2, -0.15) is 0 Å². The lowest BCUT2D eigenvalue weighted by molar-refractivity contribution is -0.147. The molecule has 27 heavy (non-hydrogen) atoms. The Morgan fingerprint density at radius 3 is 2.78 bits per heavy atom. The molecule has 148 valence electrons. The van der Waals surface area contributed by atoms with Crippen molar-refractivity contribution < 1.29 is 34.1 Å². The monoisotopic (exact) mass is 378 g/mol. The molecule has 0 saturated carbocycles. The standard InChI is InChI=1S/C20H26O7/c1-4-11(2)19(24)26-10-13-6-5-7-14(18(22)23)9-16-17(15(21)8-13)12(3)20(25)27-16/h6,9,11,15-17,21H,3-5,7-8,10H2,1-2H3,(H,22,23)/b13-6-,14-9-/t11?,15-,16-,17-/m1/s1. The molecule has 0 aromatic rings. The summed E-state index contributed by atoms with van der Waals surface area (Å²) in [4.78, 5) is 35.3. The van der Waals surface area contributed by atoms with E-state index in [0.717, 1.165) is 0 Å². The lowest BCUT2D eigenvalue weighted by atomic mass is 9.85. The molecule has 0 radical (unpaired) electrons. The van der Waals surface area contributed by atoms with Gasteiger partial charge >= 0.3 is 17.9 Å². The molecule has 1 saturated heterocycles. The Bertz CT molecular complexity index is 688. The van der Waals surface area contributed by atoms with Gasteiger partial charge in [0.2, 0.25) is 0 Å². The minimum atomic E-state index is -1.10. The number of allylic oxidation sites excluding steroid dienone is 1. The minimum absolute atomic E-state index is 0.0189. The van der Waals surface area contributed by atoms with Crippen LogP contribution in [0.1, 0.15) is 39.5 Å². The van der Waals surface area contributed by atoms with E-state index in [0.29, 0.717) is 18.4 Å².